The van der Waals surface area contributed by atoms with E-state index in [1.807, 2.05) is 0 Å². The lowest BCUT2D eigenvalue weighted by Gasteiger charge is -2.46. The van der Waals surface area contributed by atoms with Gasteiger partial charge in [0.1, 0.15) is 48.8 Å². The Kier molecular flexibility index (Phi) is 55.5. The Labute approximate surface area is 553 Å². The number of hydrogen-bond acceptors (Lipinski definition) is 13. The largest absolute Gasteiger partial charge is 0.394 e. The summed E-state index contributed by atoms with van der Waals surface area (Å²) >= 11 is 0. The molecule has 0 aliphatic carbocycles. The predicted octanol–water partition coefficient (Wildman–Crippen LogP) is 15.5. The average molecular weight is 1280 g/mol. The van der Waals surface area contributed by atoms with Gasteiger partial charge in [-0.05, 0) is 83.5 Å². The molecule has 91 heavy (non-hydrogen) atoms. The zero-order chi connectivity index (χ0) is 65.9. The highest BCUT2D eigenvalue weighted by molar-refractivity contribution is 5.76. The summed E-state index contributed by atoms with van der Waals surface area (Å²) in [5.41, 5.74) is 0. The molecule has 12 atom stereocenters. The van der Waals surface area contributed by atoms with Gasteiger partial charge in [-0.25, -0.2) is 0 Å². The van der Waals surface area contributed by atoms with Crippen LogP contribution in [0.5, 0.6) is 0 Å². The van der Waals surface area contributed by atoms with E-state index < -0.39 is 86.8 Å². The first-order chi connectivity index (χ1) is 44.6. The van der Waals surface area contributed by atoms with Crippen molar-refractivity contribution in [1.82, 2.24) is 5.32 Å². The van der Waals surface area contributed by atoms with Crippen molar-refractivity contribution in [3.63, 3.8) is 0 Å². The van der Waals surface area contributed by atoms with E-state index in [1.54, 1.807) is 0 Å². The molecular formula is C77H133NO13. The highest BCUT2D eigenvalue weighted by Crippen LogP contribution is 2.30. The fourth-order valence-electron chi connectivity index (χ4n) is 11.5. The van der Waals surface area contributed by atoms with Crippen molar-refractivity contribution in [3.05, 3.63) is 109 Å². The molecule has 0 aromatic heterocycles. The van der Waals surface area contributed by atoms with Crippen LogP contribution in [0.1, 0.15) is 277 Å². The number of nitrogens with one attached hydrogen (secondary N) is 1. The van der Waals surface area contributed by atoms with Crippen LogP contribution in [0.15, 0.2) is 109 Å². The molecular weight excluding hydrogens is 1150 g/mol. The second-order valence-corrected chi connectivity index (χ2v) is 25.3. The van der Waals surface area contributed by atoms with Gasteiger partial charge in [-0.2, -0.15) is 0 Å². The molecule has 9 N–H and O–H groups in total. The predicted molar refractivity (Wildman–Crippen MR) is 373 cm³/mol. The topological polar surface area (TPSA) is 228 Å². The number of carbonyl (C=O) groups excluding carboxylic acids is 1. The highest BCUT2D eigenvalue weighted by atomic mass is 16.7. The standard InChI is InChI=1S/C77H133NO13/c1-3-5-7-9-11-13-15-17-19-21-23-25-27-28-29-30-31-32-33-34-35-36-37-38-39-41-43-45-47-49-51-53-55-57-59-61-69(82)78-65(64-88-76-74(87)72(85)75(68(63-80)90-76)91-77-73(86)71(84)70(83)67(62-79)89-77)66(81)60-58-56-54-52-50-48-46-44-42-40-26-24-22-20-18-16-14-12-10-8-6-4-2/h5,7,11,13,17,19,23,25,28-29,31-32,34-35,37-38,41,43,65-68,70-77,79-81,83-87H,3-4,6,8-10,12,14-16,18,20-22,24,26-27,30,33,36,39-40,42,44-64H2,1-2H3,(H,78,82)/b7-5-,13-11-,19-17-,25-23-,29-28-,32-31-,35-34-,38-37-,43-41-. The van der Waals surface area contributed by atoms with Crippen LogP contribution in [0.4, 0.5) is 0 Å². The van der Waals surface area contributed by atoms with Crippen LogP contribution in [-0.2, 0) is 23.7 Å². The summed E-state index contributed by atoms with van der Waals surface area (Å²) in [6, 6.07) is -0.844. The summed E-state index contributed by atoms with van der Waals surface area (Å²) in [7, 11) is 0. The Bertz CT molecular complexity index is 1950. The van der Waals surface area contributed by atoms with Gasteiger partial charge in [0, 0.05) is 6.42 Å². The molecule has 0 radical (unpaired) electrons. The smallest absolute Gasteiger partial charge is 0.220 e. The van der Waals surface area contributed by atoms with Crippen LogP contribution in [0.3, 0.4) is 0 Å². The Morgan fingerprint density at radius 1 is 0.407 bits per heavy atom. The molecule has 14 nitrogen and oxygen atoms in total. The molecule has 12 unspecified atom stereocenters. The molecule has 2 fully saturated rings. The molecule has 0 aromatic carbocycles. The van der Waals surface area contributed by atoms with Gasteiger partial charge in [-0.15, -0.1) is 0 Å². The number of hydrogen-bond donors (Lipinski definition) is 9. The molecule has 0 saturated carbocycles. The van der Waals surface area contributed by atoms with Crippen LogP contribution < -0.4 is 5.32 Å². The maximum Gasteiger partial charge on any atom is 0.220 e. The van der Waals surface area contributed by atoms with E-state index in [4.69, 9.17) is 18.9 Å². The minimum atomic E-state index is -1.79. The van der Waals surface area contributed by atoms with Crippen molar-refractivity contribution < 1.29 is 64.6 Å². The molecule has 2 rings (SSSR count). The molecule has 14 heteroatoms. The van der Waals surface area contributed by atoms with E-state index in [0.717, 1.165) is 122 Å². The van der Waals surface area contributed by atoms with Gasteiger partial charge in [0.25, 0.3) is 0 Å². The maximum absolute atomic E-state index is 13.4. The Balaban J connectivity index is 1.66. The number of aliphatic hydroxyl groups excluding tert-OH is 8. The first kappa shape index (κ1) is 83.7. The number of unbranched alkanes of at least 4 members (excludes halogenated alkanes) is 28. The number of rotatable bonds is 59. The van der Waals surface area contributed by atoms with Crippen molar-refractivity contribution in [2.45, 2.75) is 351 Å². The Hall–Kier alpha value is -3.35. The van der Waals surface area contributed by atoms with Crippen LogP contribution in [0, 0.1) is 0 Å². The van der Waals surface area contributed by atoms with Gasteiger partial charge in [-0.3, -0.25) is 4.79 Å². The van der Waals surface area contributed by atoms with E-state index >= 15 is 0 Å². The molecule has 0 bridgehead atoms. The van der Waals surface area contributed by atoms with Crippen LogP contribution in [0.2, 0.25) is 0 Å². The van der Waals surface area contributed by atoms with Crippen LogP contribution in [-0.4, -0.2) is 140 Å². The minimum absolute atomic E-state index is 0.219. The Morgan fingerprint density at radius 2 is 0.758 bits per heavy atom. The average Bonchev–Trinajstić information content (AvgIpc) is 0.888. The number of ether oxygens (including phenoxy) is 4. The minimum Gasteiger partial charge on any atom is -0.394 e. The third-order valence-corrected chi connectivity index (χ3v) is 17.3. The molecule has 2 aliphatic rings. The van der Waals surface area contributed by atoms with Crippen molar-refractivity contribution in [2.75, 3.05) is 19.8 Å². The van der Waals surface area contributed by atoms with E-state index in [9.17, 15) is 45.6 Å². The Morgan fingerprint density at radius 3 is 1.16 bits per heavy atom. The summed E-state index contributed by atoms with van der Waals surface area (Å²) in [6.45, 7) is 2.76. The lowest BCUT2D eigenvalue weighted by Crippen LogP contribution is -2.65. The fourth-order valence-corrected chi connectivity index (χ4v) is 11.5. The van der Waals surface area contributed by atoms with E-state index in [2.05, 4.69) is 129 Å². The number of carbonyl (C=O) groups is 1. The van der Waals surface area contributed by atoms with Crippen molar-refractivity contribution >= 4 is 5.91 Å². The molecule has 2 saturated heterocycles. The fraction of sp³-hybridized carbons (Fsp3) is 0.753. The van der Waals surface area contributed by atoms with Crippen molar-refractivity contribution in [2.24, 2.45) is 0 Å². The zero-order valence-electron chi connectivity index (χ0n) is 57.1. The van der Waals surface area contributed by atoms with Crippen molar-refractivity contribution in [1.29, 1.82) is 0 Å². The summed E-state index contributed by atoms with van der Waals surface area (Å²) in [5, 5.41) is 87.7. The first-order valence-corrected chi connectivity index (χ1v) is 36.6. The maximum atomic E-state index is 13.4. The summed E-state index contributed by atoms with van der Waals surface area (Å²) < 4.78 is 22.9. The lowest BCUT2D eigenvalue weighted by atomic mass is 9.97. The zero-order valence-corrected chi connectivity index (χ0v) is 57.1. The first-order valence-electron chi connectivity index (χ1n) is 36.6. The number of amides is 1. The second-order valence-electron chi connectivity index (χ2n) is 25.3. The normalized spacial score (nSPS) is 23.5. The van der Waals surface area contributed by atoms with E-state index in [-0.39, 0.29) is 18.9 Å². The van der Waals surface area contributed by atoms with Gasteiger partial charge in [0.2, 0.25) is 5.91 Å². The molecule has 0 spiro atoms. The number of aliphatic hydroxyl groups is 8. The number of allylic oxidation sites excluding steroid dienone is 18. The molecule has 1 amide bonds. The molecule has 0 aromatic rings. The third kappa shape index (κ3) is 44.1. The van der Waals surface area contributed by atoms with Gasteiger partial charge in [0.15, 0.2) is 12.6 Å². The second kappa shape index (κ2) is 60.3. The third-order valence-electron chi connectivity index (χ3n) is 17.3. The quantitative estimate of drug-likeness (QED) is 0.0204. The van der Waals surface area contributed by atoms with E-state index in [0.29, 0.717) is 12.8 Å². The van der Waals surface area contributed by atoms with Crippen LogP contribution in [0.25, 0.3) is 0 Å². The molecule has 2 aliphatic heterocycles. The molecule has 2 heterocycles. The highest BCUT2D eigenvalue weighted by Gasteiger charge is 2.51. The summed E-state index contributed by atoms with van der Waals surface area (Å²) in [4.78, 5) is 13.4. The lowest BCUT2D eigenvalue weighted by molar-refractivity contribution is -0.359. The summed E-state index contributed by atoms with van der Waals surface area (Å²) in [6.07, 6.45) is 69.5. The summed E-state index contributed by atoms with van der Waals surface area (Å²) in [5.74, 6) is -0.219. The van der Waals surface area contributed by atoms with Gasteiger partial charge >= 0.3 is 0 Å². The van der Waals surface area contributed by atoms with Gasteiger partial charge < -0.3 is 65.1 Å². The SMILES string of the molecule is CC/C=C\C/C=C\C/C=C\C/C=C\C/C=C\C/C=C\C/C=C\C/C=C\C/C=C\CCCCCCCCCC(=O)NC(COC1OC(CO)C(OC2OC(CO)C(O)C(O)C2O)C(O)C1O)C(O)CCCCCCCCCCCCCCCCCCCCCCCC. The van der Waals surface area contributed by atoms with Crippen LogP contribution >= 0.6 is 0 Å². The van der Waals surface area contributed by atoms with E-state index in [1.165, 1.54) is 122 Å². The van der Waals surface area contributed by atoms with Crippen molar-refractivity contribution in [3.8, 4) is 0 Å². The van der Waals surface area contributed by atoms with Gasteiger partial charge in [0.05, 0.1) is 32.0 Å². The van der Waals surface area contributed by atoms with Gasteiger partial charge in [-0.1, -0.05) is 297 Å². The monoisotopic (exact) mass is 1280 g/mol. The molecule has 524 valence electrons.